The first-order valence-corrected chi connectivity index (χ1v) is 6.11. The Balaban J connectivity index is 2.26. The Morgan fingerprint density at radius 1 is 1.24 bits per heavy atom. The van der Waals surface area contributed by atoms with Gasteiger partial charge < -0.3 is 9.97 Å². The molecule has 0 amide bonds. The molecule has 0 bridgehead atoms. The first kappa shape index (κ1) is 11.7. The third kappa shape index (κ3) is 2.33. The van der Waals surface area contributed by atoms with Gasteiger partial charge in [0.15, 0.2) is 5.78 Å². The molecule has 3 heteroatoms. The second-order valence-corrected chi connectivity index (χ2v) is 4.19. The normalized spacial score (nSPS) is 12.6. The maximum Gasteiger partial charge on any atom is 0.178 e. The molecule has 1 unspecified atom stereocenters. The van der Waals surface area contributed by atoms with Crippen molar-refractivity contribution in [3.05, 3.63) is 47.5 Å². The van der Waals surface area contributed by atoms with Crippen LogP contribution in [0.15, 0.2) is 30.5 Å². The molecule has 0 saturated carbocycles. The molecule has 0 saturated heterocycles. The predicted molar refractivity (Wildman–Crippen MR) is 68.3 cm³/mol. The van der Waals surface area contributed by atoms with Crippen LogP contribution in [0.3, 0.4) is 0 Å². The van der Waals surface area contributed by atoms with E-state index in [2.05, 4.69) is 23.0 Å². The largest absolute Gasteiger partial charge is 0.364 e. The van der Waals surface area contributed by atoms with Gasteiger partial charge in [0.2, 0.25) is 0 Å². The molecule has 2 aromatic rings. The fourth-order valence-corrected chi connectivity index (χ4v) is 2.14. The van der Waals surface area contributed by atoms with E-state index in [0.717, 1.165) is 12.1 Å². The summed E-state index contributed by atoms with van der Waals surface area (Å²) in [6.45, 7) is 4.03. The van der Waals surface area contributed by atoms with E-state index in [1.54, 1.807) is 0 Å². The smallest absolute Gasteiger partial charge is 0.178 e. The van der Waals surface area contributed by atoms with E-state index < -0.39 is 0 Å². The quantitative estimate of drug-likeness (QED) is 0.759. The molecule has 0 aliphatic carbocycles. The molecule has 2 N–H and O–H groups in total. The van der Waals surface area contributed by atoms with Crippen LogP contribution in [0.4, 0.5) is 0 Å². The number of Topliss-reactive ketones (excluding diaryl/α,β-unsaturated/α-hetero) is 1. The summed E-state index contributed by atoms with van der Waals surface area (Å²) in [7, 11) is 0. The summed E-state index contributed by atoms with van der Waals surface area (Å²) >= 11 is 0. The number of hydrogen-bond acceptors (Lipinski definition) is 1. The molecule has 2 heterocycles. The highest BCUT2D eigenvalue weighted by atomic mass is 16.1. The average molecular weight is 230 g/mol. The van der Waals surface area contributed by atoms with Crippen LogP contribution in [0.2, 0.25) is 0 Å². The monoisotopic (exact) mass is 230 g/mol. The zero-order chi connectivity index (χ0) is 12.3. The molecule has 0 aliphatic heterocycles. The van der Waals surface area contributed by atoms with Crippen LogP contribution in [-0.2, 0) is 0 Å². The van der Waals surface area contributed by atoms with E-state index in [1.807, 2.05) is 31.3 Å². The van der Waals surface area contributed by atoms with Crippen LogP contribution in [0.25, 0.3) is 0 Å². The zero-order valence-electron chi connectivity index (χ0n) is 10.3. The Morgan fingerprint density at radius 2 is 2.06 bits per heavy atom. The van der Waals surface area contributed by atoms with Crippen molar-refractivity contribution in [1.82, 2.24) is 9.97 Å². The maximum absolute atomic E-state index is 11.6. The van der Waals surface area contributed by atoms with Crippen molar-refractivity contribution in [2.45, 2.75) is 32.6 Å². The third-order valence-corrected chi connectivity index (χ3v) is 3.11. The Hall–Kier alpha value is -1.77. The standard InChI is InChI=1S/C14H18N2O/c1-3-10(11-6-5-9-15-11)12-7-8-13(16-12)14(17)4-2/h5-10,15-16H,3-4H2,1-2H3. The summed E-state index contributed by atoms with van der Waals surface area (Å²) in [6.07, 6.45) is 3.47. The summed E-state index contributed by atoms with van der Waals surface area (Å²) in [4.78, 5) is 18.1. The highest BCUT2D eigenvalue weighted by molar-refractivity contribution is 5.94. The lowest BCUT2D eigenvalue weighted by molar-refractivity contribution is 0.0984. The number of carbonyl (C=O) groups is 1. The molecule has 2 aromatic heterocycles. The number of H-pyrrole nitrogens is 2. The highest BCUT2D eigenvalue weighted by Gasteiger charge is 2.16. The molecule has 0 radical (unpaired) electrons. The highest BCUT2D eigenvalue weighted by Crippen LogP contribution is 2.26. The molecule has 90 valence electrons. The molecular weight excluding hydrogens is 212 g/mol. The summed E-state index contributed by atoms with van der Waals surface area (Å²) in [5.41, 5.74) is 3.00. The number of aromatic nitrogens is 2. The van der Waals surface area contributed by atoms with Gasteiger partial charge in [-0.25, -0.2) is 0 Å². The Kier molecular flexibility index (Phi) is 3.47. The van der Waals surface area contributed by atoms with Crippen molar-refractivity contribution in [3.8, 4) is 0 Å². The lowest BCUT2D eigenvalue weighted by Crippen LogP contribution is -2.02. The SMILES string of the molecule is CCC(=O)c1ccc(C(CC)c2ccc[nH]2)[nH]1. The van der Waals surface area contributed by atoms with E-state index in [0.29, 0.717) is 18.0 Å². The van der Waals surface area contributed by atoms with Crippen molar-refractivity contribution in [1.29, 1.82) is 0 Å². The minimum atomic E-state index is 0.164. The molecule has 17 heavy (non-hydrogen) atoms. The van der Waals surface area contributed by atoms with Gasteiger partial charge in [0.05, 0.1) is 5.69 Å². The molecule has 2 rings (SSSR count). The third-order valence-electron chi connectivity index (χ3n) is 3.11. The van der Waals surface area contributed by atoms with Gasteiger partial charge in [0.1, 0.15) is 0 Å². The first-order chi connectivity index (χ1) is 8.26. The van der Waals surface area contributed by atoms with Gasteiger partial charge in [-0.15, -0.1) is 0 Å². The lowest BCUT2D eigenvalue weighted by Gasteiger charge is -2.11. The molecule has 0 aromatic carbocycles. The number of carbonyl (C=O) groups excluding carboxylic acids is 1. The topological polar surface area (TPSA) is 48.6 Å². The second kappa shape index (κ2) is 5.04. The number of hydrogen-bond donors (Lipinski definition) is 2. The van der Waals surface area contributed by atoms with Crippen LogP contribution < -0.4 is 0 Å². The summed E-state index contributed by atoms with van der Waals surface area (Å²) < 4.78 is 0. The predicted octanol–water partition coefficient (Wildman–Crippen LogP) is 3.48. The Labute approximate surface area is 101 Å². The van der Waals surface area contributed by atoms with Gasteiger partial charge in [-0.1, -0.05) is 13.8 Å². The van der Waals surface area contributed by atoms with Crippen LogP contribution in [0.5, 0.6) is 0 Å². The lowest BCUT2D eigenvalue weighted by atomic mass is 9.99. The number of ketones is 1. The van der Waals surface area contributed by atoms with Gasteiger partial charge in [-0.3, -0.25) is 4.79 Å². The van der Waals surface area contributed by atoms with Crippen molar-refractivity contribution in [3.63, 3.8) is 0 Å². The average Bonchev–Trinajstić information content (AvgIpc) is 3.00. The van der Waals surface area contributed by atoms with Gasteiger partial charge in [-0.05, 0) is 30.7 Å². The Bertz CT molecular complexity index is 482. The first-order valence-electron chi connectivity index (χ1n) is 6.11. The molecule has 1 atom stereocenters. The van der Waals surface area contributed by atoms with E-state index in [9.17, 15) is 4.79 Å². The Morgan fingerprint density at radius 3 is 2.65 bits per heavy atom. The van der Waals surface area contributed by atoms with Crippen LogP contribution in [0, 0.1) is 0 Å². The number of nitrogens with one attached hydrogen (secondary N) is 2. The molecule has 3 nitrogen and oxygen atoms in total. The van der Waals surface area contributed by atoms with Gasteiger partial charge in [0, 0.05) is 29.9 Å². The minimum absolute atomic E-state index is 0.164. The van der Waals surface area contributed by atoms with Crippen molar-refractivity contribution < 1.29 is 4.79 Å². The van der Waals surface area contributed by atoms with Crippen LogP contribution >= 0.6 is 0 Å². The minimum Gasteiger partial charge on any atom is -0.364 e. The van der Waals surface area contributed by atoms with Crippen LogP contribution in [-0.4, -0.2) is 15.8 Å². The maximum atomic E-state index is 11.6. The fraction of sp³-hybridized carbons (Fsp3) is 0.357. The second-order valence-electron chi connectivity index (χ2n) is 4.19. The zero-order valence-corrected chi connectivity index (χ0v) is 10.3. The number of rotatable bonds is 5. The van der Waals surface area contributed by atoms with E-state index >= 15 is 0 Å². The molecule has 0 aliphatic rings. The van der Waals surface area contributed by atoms with Crippen molar-refractivity contribution in [2.75, 3.05) is 0 Å². The fourth-order valence-electron chi connectivity index (χ4n) is 2.14. The molecule has 0 spiro atoms. The van der Waals surface area contributed by atoms with E-state index in [-0.39, 0.29) is 5.78 Å². The summed E-state index contributed by atoms with van der Waals surface area (Å²) in [5, 5.41) is 0. The van der Waals surface area contributed by atoms with Crippen molar-refractivity contribution >= 4 is 5.78 Å². The summed E-state index contributed by atoms with van der Waals surface area (Å²) in [6, 6.07) is 7.97. The van der Waals surface area contributed by atoms with Gasteiger partial charge in [0.25, 0.3) is 0 Å². The van der Waals surface area contributed by atoms with Gasteiger partial charge in [-0.2, -0.15) is 0 Å². The molecular formula is C14H18N2O. The van der Waals surface area contributed by atoms with Crippen LogP contribution in [0.1, 0.15) is 54.5 Å². The van der Waals surface area contributed by atoms with Crippen molar-refractivity contribution in [2.24, 2.45) is 0 Å². The van der Waals surface area contributed by atoms with E-state index in [4.69, 9.17) is 0 Å². The molecule has 0 fully saturated rings. The summed E-state index contributed by atoms with van der Waals surface area (Å²) in [5.74, 6) is 0.473. The van der Waals surface area contributed by atoms with Gasteiger partial charge >= 0.3 is 0 Å². The number of aromatic amines is 2. The van der Waals surface area contributed by atoms with E-state index in [1.165, 1.54) is 5.69 Å².